The Kier molecular flexibility index (Phi) is 7.16. The number of thioether (sulfide) groups is 1. The Balaban J connectivity index is 1.45. The Labute approximate surface area is 191 Å². The summed E-state index contributed by atoms with van der Waals surface area (Å²) in [6.45, 7) is 2.26. The van der Waals surface area contributed by atoms with Gasteiger partial charge >= 0.3 is 0 Å². The van der Waals surface area contributed by atoms with E-state index in [1.165, 1.54) is 18.2 Å². The smallest absolute Gasteiger partial charge is 0.269 e. The molecule has 2 N–H and O–H groups in total. The van der Waals surface area contributed by atoms with Crippen LogP contribution in [0.4, 0.5) is 0 Å². The first-order chi connectivity index (χ1) is 15.6. The number of pyridine rings is 1. The number of rotatable bonds is 6. The summed E-state index contributed by atoms with van der Waals surface area (Å²) in [5.74, 6) is 0.711. The van der Waals surface area contributed by atoms with E-state index in [4.69, 9.17) is 0 Å². The third kappa shape index (κ3) is 5.16. The number of nitrogens with zero attached hydrogens (tertiary/aromatic N) is 4. The lowest BCUT2D eigenvalue weighted by Gasteiger charge is -2.31. The van der Waals surface area contributed by atoms with E-state index in [2.05, 4.69) is 37.5 Å². The molecule has 2 aromatic heterocycles. The van der Waals surface area contributed by atoms with Crippen LogP contribution < -0.4 is 10.9 Å². The monoisotopic (exact) mass is 450 g/mol. The Bertz CT molecular complexity index is 1060. The second-order valence-corrected chi connectivity index (χ2v) is 8.85. The molecule has 4 rings (SSSR count). The molecule has 2 atom stereocenters. The highest BCUT2D eigenvalue weighted by atomic mass is 32.2. The lowest BCUT2D eigenvalue weighted by Crippen LogP contribution is -2.42. The quantitative estimate of drug-likeness (QED) is 0.439. The molecular weight excluding hydrogens is 424 g/mol. The van der Waals surface area contributed by atoms with Gasteiger partial charge in [0.25, 0.3) is 5.91 Å². The zero-order chi connectivity index (χ0) is 22.3. The summed E-state index contributed by atoms with van der Waals surface area (Å²) in [6, 6.07) is 12.9. The molecule has 1 aliphatic rings. The fourth-order valence-electron chi connectivity index (χ4n) is 4.00. The third-order valence-electron chi connectivity index (χ3n) is 5.67. The minimum absolute atomic E-state index is 0.112. The lowest BCUT2D eigenvalue weighted by atomic mass is 9.85. The molecule has 0 radical (unpaired) electrons. The second-order valence-electron chi connectivity index (χ2n) is 7.90. The average Bonchev–Trinajstić information content (AvgIpc) is 3.26. The van der Waals surface area contributed by atoms with Gasteiger partial charge in [0.2, 0.25) is 5.91 Å². The van der Waals surface area contributed by atoms with Gasteiger partial charge in [0, 0.05) is 29.6 Å². The maximum absolute atomic E-state index is 12.4. The number of benzene rings is 1. The summed E-state index contributed by atoms with van der Waals surface area (Å²) in [4.78, 5) is 28.7. The van der Waals surface area contributed by atoms with Gasteiger partial charge in [-0.05, 0) is 43.0 Å². The van der Waals surface area contributed by atoms with E-state index in [9.17, 15) is 9.59 Å². The second kappa shape index (κ2) is 10.4. The van der Waals surface area contributed by atoms with Crippen molar-refractivity contribution in [3.8, 4) is 11.4 Å². The van der Waals surface area contributed by atoms with Gasteiger partial charge in [-0.3, -0.25) is 30.0 Å². The third-order valence-corrected chi connectivity index (χ3v) is 6.61. The molecule has 1 aliphatic carbocycles. The summed E-state index contributed by atoms with van der Waals surface area (Å²) < 4.78 is 2.17. The van der Waals surface area contributed by atoms with E-state index in [0.717, 1.165) is 30.7 Å². The van der Waals surface area contributed by atoms with Crippen LogP contribution in [-0.4, -0.2) is 37.3 Å². The van der Waals surface area contributed by atoms with Gasteiger partial charge in [-0.25, -0.2) is 0 Å². The maximum atomic E-state index is 12.4. The van der Waals surface area contributed by atoms with Crippen molar-refractivity contribution >= 4 is 23.6 Å². The molecule has 0 spiro atoms. The van der Waals surface area contributed by atoms with E-state index in [0.29, 0.717) is 16.6 Å². The number of aromatic nitrogens is 4. The molecule has 3 aromatic rings. The van der Waals surface area contributed by atoms with Crippen LogP contribution in [0.15, 0.2) is 60.0 Å². The van der Waals surface area contributed by atoms with Crippen LogP contribution in [-0.2, 0) is 4.79 Å². The molecule has 8 nitrogen and oxygen atoms in total. The molecule has 2 amide bonds. The molecule has 166 valence electrons. The van der Waals surface area contributed by atoms with Crippen LogP contribution >= 0.6 is 11.8 Å². The van der Waals surface area contributed by atoms with Gasteiger partial charge in [-0.1, -0.05) is 49.7 Å². The number of hydrazine groups is 1. The van der Waals surface area contributed by atoms with Crippen molar-refractivity contribution in [3.63, 3.8) is 0 Å². The molecule has 9 heteroatoms. The van der Waals surface area contributed by atoms with Crippen molar-refractivity contribution in [1.82, 2.24) is 30.6 Å². The number of hydrogen-bond acceptors (Lipinski definition) is 6. The number of carbonyl (C=O) groups is 2. The van der Waals surface area contributed by atoms with Crippen molar-refractivity contribution < 1.29 is 9.59 Å². The van der Waals surface area contributed by atoms with Gasteiger partial charge in [-0.15, -0.1) is 10.2 Å². The highest BCUT2D eigenvalue weighted by molar-refractivity contribution is 7.99. The molecule has 1 saturated carbocycles. The first-order valence-corrected chi connectivity index (χ1v) is 11.7. The Hall–Kier alpha value is -3.20. The van der Waals surface area contributed by atoms with Crippen LogP contribution in [0.5, 0.6) is 0 Å². The summed E-state index contributed by atoms with van der Waals surface area (Å²) in [6.07, 6.45) is 8.13. The molecule has 0 aliphatic heterocycles. The van der Waals surface area contributed by atoms with Crippen molar-refractivity contribution in [1.29, 1.82) is 0 Å². The van der Waals surface area contributed by atoms with Crippen molar-refractivity contribution in [2.45, 2.75) is 43.8 Å². The Morgan fingerprint density at radius 3 is 2.62 bits per heavy atom. The zero-order valence-electron chi connectivity index (χ0n) is 17.9. The highest BCUT2D eigenvalue weighted by Gasteiger charge is 2.29. The first kappa shape index (κ1) is 22.0. The molecule has 1 aromatic carbocycles. The van der Waals surface area contributed by atoms with E-state index in [1.54, 1.807) is 36.7 Å². The van der Waals surface area contributed by atoms with Crippen LogP contribution in [0, 0.1) is 5.92 Å². The normalized spacial score (nSPS) is 18.2. The van der Waals surface area contributed by atoms with E-state index >= 15 is 0 Å². The van der Waals surface area contributed by atoms with Crippen LogP contribution in [0.3, 0.4) is 0 Å². The molecule has 32 heavy (non-hydrogen) atoms. The molecule has 0 saturated heterocycles. The van der Waals surface area contributed by atoms with E-state index < -0.39 is 0 Å². The van der Waals surface area contributed by atoms with Crippen molar-refractivity contribution in [2.75, 3.05) is 5.75 Å². The van der Waals surface area contributed by atoms with Gasteiger partial charge in [0.15, 0.2) is 11.0 Å². The Morgan fingerprint density at radius 1 is 1.06 bits per heavy atom. The number of hydrogen-bond donors (Lipinski definition) is 2. The molecule has 0 bridgehead atoms. The zero-order valence-corrected chi connectivity index (χ0v) is 18.7. The predicted molar refractivity (Wildman–Crippen MR) is 123 cm³/mol. The lowest BCUT2D eigenvalue weighted by molar-refractivity contribution is -0.119. The minimum Gasteiger partial charge on any atom is -0.299 e. The van der Waals surface area contributed by atoms with Gasteiger partial charge < -0.3 is 0 Å². The topological polar surface area (TPSA) is 102 Å². The van der Waals surface area contributed by atoms with Crippen LogP contribution in [0.2, 0.25) is 0 Å². The number of nitrogens with one attached hydrogen (secondary N) is 2. The SMILES string of the molecule is C[C@@H]1CCCC[C@H]1n1c(SCC(=O)NNC(=O)c2ccccc2)nnc1-c1cccnc1. The number of carbonyl (C=O) groups excluding carboxylic acids is 2. The summed E-state index contributed by atoms with van der Waals surface area (Å²) in [5.41, 5.74) is 6.30. The fourth-order valence-corrected chi connectivity index (χ4v) is 4.79. The molecular formula is C23H26N6O2S. The standard InChI is InChI=1S/C23H26N6O2S/c1-16-8-5-6-12-19(16)29-21(18-11-7-13-24-14-18)26-28-23(29)32-15-20(30)25-27-22(31)17-9-3-2-4-10-17/h2-4,7,9-11,13-14,16,19H,5-6,8,12,15H2,1H3,(H,25,30)(H,27,31)/t16-,19-/m1/s1. The molecule has 1 fully saturated rings. The Morgan fingerprint density at radius 2 is 1.88 bits per heavy atom. The van der Waals surface area contributed by atoms with Crippen LogP contribution in [0.1, 0.15) is 49.0 Å². The summed E-state index contributed by atoms with van der Waals surface area (Å²) in [5, 5.41) is 9.54. The van der Waals surface area contributed by atoms with Crippen molar-refractivity contribution in [3.05, 3.63) is 60.4 Å². The van der Waals surface area contributed by atoms with Gasteiger partial charge in [0.05, 0.1) is 5.75 Å². The summed E-state index contributed by atoms with van der Waals surface area (Å²) >= 11 is 1.32. The first-order valence-electron chi connectivity index (χ1n) is 10.8. The predicted octanol–water partition coefficient (Wildman–Crippen LogP) is 3.64. The van der Waals surface area contributed by atoms with E-state index in [-0.39, 0.29) is 23.6 Å². The van der Waals surface area contributed by atoms with Crippen molar-refractivity contribution in [2.24, 2.45) is 5.92 Å². The maximum Gasteiger partial charge on any atom is 0.269 e. The van der Waals surface area contributed by atoms with Gasteiger partial charge in [0.1, 0.15) is 0 Å². The fraction of sp³-hybridized carbons (Fsp3) is 0.348. The van der Waals surface area contributed by atoms with Gasteiger partial charge in [-0.2, -0.15) is 0 Å². The average molecular weight is 451 g/mol. The summed E-state index contributed by atoms with van der Waals surface area (Å²) in [7, 11) is 0. The minimum atomic E-state index is -0.359. The van der Waals surface area contributed by atoms with Crippen LogP contribution in [0.25, 0.3) is 11.4 Å². The molecule has 0 unspecified atom stereocenters. The highest BCUT2D eigenvalue weighted by Crippen LogP contribution is 2.38. The number of amides is 2. The van der Waals surface area contributed by atoms with E-state index in [1.807, 2.05) is 18.2 Å². The molecule has 2 heterocycles. The largest absolute Gasteiger partial charge is 0.299 e.